The fraction of sp³-hybridized carbons (Fsp3) is 0.692. The minimum Gasteiger partial charge on any atom is -0.358 e. The number of carbonyl (C=O) groups excluding carboxylic acids is 1. The molecule has 19 heavy (non-hydrogen) atoms. The van der Waals surface area contributed by atoms with Crippen molar-refractivity contribution in [1.29, 1.82) is 0 Å². The molecule has 0 saturated carbocycles. The van der Waals surface area contributed by atoms with Crippen molar-refractivity contribution >= 4 is 21.8 Å². The molecule has 0 atom stereocenters. The average molecular weight is 331 g/mol. The fourth-order valence-electron chi connectivity index (χ4n) is 1.94. The Hall–Kier alpha value is -0.880. The molecule has 1 N–H and O–H groups in total. The number of amides is 1. The number of rotatable bonds is 7. The molecule has 0 bridgehead atoms. The van der Waals surface area contributed by atoms with Crippen LogP contribution in [-0.4, -0.2) is 40.7 Å². The van der Waals surface area contributed by atoms with Crippen LogP contribution >= 0.6 is 15.9 Å². The first-order valence-electron chi connectivity index (χ1n) is 6.74. The third-order valence-electron chi connectivity index (χ3n) is 3.16. The molecule has 5 nitrogen and oxygen atoms in total. The zero-order chi connectivity index (χ0) is 14.4. The summed E-state index contributed by atoms with van der Waals surface area (Å²) in [5, 5.41) is 7.24. The fourth-order valence-corrected chi connectivity index (χ4v) is 2.63. The Morgan fingerprint density at radius 3 is 2.58 bits per heavy atom. The number of hydrogen-bond donors (Lipinski definition) is 1. The lowest BCUT2D eigenvalue weighted by atomic mass is 10.3. The van der Waals surface area contributed by atoms with Gasteiger partial charge in [-0.1, -0.05) is 13.8 Å². The van der Waals surface area contributed by atoms with Crippen molar-refractivity contribution < 1.29 is 4.79 Å². The Kier molecular flexibility index (Phi) is 6.51. The van der Waals surface area contributed by atoms with E-state index in [0.29, 0.717) is 6.54 Å². The third kappa shape index (κ3) is 4.04. The number of aryl methyl sites for hydroxylation is 2. The van der Waals surface area contributed by atoms with Crippen molar-refractivity contribution in [2.75, 3.05) is 20.1 Å². The van der Waals surface area contributed by atoms with E-state index < -0.39 is 0 Å². The standard InChI is InChI=1S/C13H23BrN4O/c1-5-10-13(14)11(18(7-3)16-10)8-17(6-2)9-12(19)15-4/h5-9H2,1-4H3,(H,15,19). The second kappa shape index (κ2) is 7.65. The number of likely N-dealkylation sites (N-methyl/N-ethyl adjacent to an activating group) is 2. The zero-order valence-corrected chi connectivity index (χ0v) is 13.7. The van der Waals surface area contributed by atoms with Crippen LogP contribution in [0.1, 0.15) is 32.2 Å². The predicted molar refractivity (Wildman–Crippen MR) is 80.0 cm³/mol. The highest BCUT2D eigenvalue weighted by Crippen LogP contribution is 2.23. The van der Waals surface area contributed by atoms with Crippen LogP contribution < -0.4 is 5.32 Å². The average Bonchev–Trinajstić information content (AvgIpc) is 2.73. The van der Waals surface area contributed by atoms with Crippen molar-refractivity contribution in [3.8, 4) is 0 Å². The van der Waals surface area contributed by atoms with E-state index in [1.54, 1.807) is 7.05 Å². The van der Waals surface area contributed by atoms with Crippen molar-refractivity contribution in [2.45, 2.75) is 40.3 Å². The Balaban J connectivity index is 2.89. The molecule has 1 heterocycles. The lowest BCUT2D eigenvalue weighted by molar-refractivity contribution is -0.121. The van der Waals surface area contributed by atoms with Gasteiger partial charge in [0, 0.05) is 20.1 Å². The summed E-state index contributed by atoms with van der Waals surface area (Å²) in [4.78, 5) is 13.6. The number of hydrogen-bond acceptors (Lipinski definition) is 3. The van der Waals surface area contributed by atoms with Gasteiger partial charge in [0.05, 0.1) is 22.4 Å². The van der Waals surface area contributed by atoms with E-state index in [2.05, 4.69) is 52.0 Å². The van der Waals surface area contributed by atoms with E-state index in [1.807, 2.05) is 4.68 Å². The van der Waals surface area contributed by atoms with Gasteiger partial charge in [0.1, 0.15) is 0 Å². The Morgan fingerprint density at radius 1 is 1.42 bits per heavy atom. The maximum atomic E-state index is 11.5. The van der Waals surface area contributed by atoms with E-state index in [0.717, 1.165) is 41.9 Å². The molecule has 6 heteroatoms. The lowest BCUT2D eigenvalue weighted by Crippen LogP contribution is -2.35. The van der Waals surface area contributed by atoms with Crippen molar-refractivity contribution in [2.24, 2.45) is 0 Å². The summed E-state index contributed by atoms with van der Waals surface area (Å²) >= 11 is 3.63. The first-order chi connectivity index (χ1) is 9.07. The Morgan fingerprint density at radius 2 is 2.11 bits per heavy atom. The number of halogens is 1. The smallest absolute Gasteiger partial charge is 0.233 e. The molecule has 0 fully saturated rings. The summed E-state index contributed by atoms with van der Waals surface area (Å²) in [6, 6.07) is 0. The molecule has 0 aliphatic heterocycles. The normalized spacial score (nSPS) is 11.1. The largest absolute Gasteiger partial charge is 0.358 e. The van der Waals surface area contributed by atoms with Crippen molar-refractivity contribution in [1.82, 2.24) is 20.0 Å². The van der Waals surface area contributed by atoms with Crippen molar-refractivity contribution in [3.05, 3.63) is 15.9 Å². The SMILES string of the molecule is CCc1nn(CC)c(CN(CC)CC(=O)NC)c1Br. The maximum absolute atomic E-state index is 11.5. The summed E-state index contributed by atoms with van der Waals surface area (Å²) in [6.07, 6.45) is 0.905. The molecule has 1 aromatic rings. The number of carbonyl (C=O) groups is 1. The molecule has 0 unspecified atom stereocenters. The maximum Gasteiger partial charge on any atom is 0.233 e. The molecule has 0 aliphatic rings. The molecule has 1 amide bonds. The predicted octanol–water partition coefficient (Wildman–Crippen LogP) is 1.80. The van der Waals surface area contributed by atoms with Crippen molar-refractivity contribution in [3.63, 3.8) is 0 Å². The van der Waals surface area contributed by atoms with E-state index in [1.165, 1.54) is 0 Å². The summed E-state index contributed by atoms with van der Waals surface area (Å²) in [6.45, 7) is 9.05. The van der Waals surface area contributed by atoms with Gasteiger partial charge in [0.15, 0.2) is 0 Å². The Bertz CT molecular complexity index is 431. The van der Waals surface area contributed by atoms with Crippen LogP contribution in [0.15, 0.2) is 4.47 Å². The highest BCUT2D eigenvalue weighted by atomic mass is 79.9. The molecule has 0 aliphatic carbocycles. The van der Waals surface area contributed by atoms with Crippen LogP contribution in [0.5, 0.6) is 0 Å². The van der Waals surface area contributed by atoms with Gasteiger partial charge < -0.3 is 5.32 Å². The summed E-state index contributed by atoms with van der Waals surface area (Å²) in [5.41, 5.74) is 2.22. The van der Waals surface area contributed by atoms with E-state index in [4.69, 9.17) is 0 Å². The summed E-state index contributed by atoms with van der Waals surface area (Å²) in [7, 11) is 1.66. The van der Waals surface area contributed by atoms with Gasteiger partial charge in [-0.25, -0.2) is 0 Å². The van der Waals surface area contributed by atoms with E-state index in [-0.39, 0.29) is 5.91 Å². The highest BCUT2D eigenvalue weighted by Gasteiger charge is 2.17. The number of aromatic nitrogens is 2. The molecule has 1 aromatic heterocycles. The van der Waals surface area contributed by atoms with Crippen LogP contribution in [0, 0.1) is 0 Å². The van der Waals surface area contributed by atoms with Gasteiger partial charge in [-0.3, -0.25) is 14.4 Å². The second-order valence-electron chi connectivity index (χ2n) is 4.35. The molecule has 0 radical (unpaired) electrons. The number of nitrogens with one attached hydrogen (secondary N) is 1. The van der Waals surface area contributed by atoms with Gasteiger partial charge in [-0.15, -0.1) is 0 Å². The third-order valence-corrected chi connectivity index (χ3v) is 4.08. The monoisotopic (exact) mass is 330 g/mol. The molecule has 0 spiro atoms. The van der Waals surface area contributed by atoms with Crippen LogP contribution in [0.4, 0.5) is 0 Å². The molecule has 108 valence electrons. The second-order valence-corrected chi connectivity index (χ2v) is 5.15. The quantitative estimate of drug-likeness (QED) is 0.829. The summed E-state index contributed by atoms with van der Waals surface area (Å²) in [5.74, 6) is 0.0382. The van der Waals surface area contributed by atoms with Crippen LogP contribution in [0.3, 0.4) is 0 Å². The van der Waals surface area contributed by atoms with Crippen LogP contribution in [-0.2, 0) is 24.3 Å². The molecular weight excluding hydrogens is 308 g/mol. The van der Waals surface area contributed by atoms with Gasteiger partial charge in [-0.2, -0.15) is 5.10 Å². The zero-order valence-electron chi connectivity index (χ0n) is 12.2. The topological polar surface area (TPSA) is 50.2 Å². The van der Waals surface area contributed by atoms with Gasteiger partial charge in [0.2, 0.25) is 5.91 Å². The van der Waals surface area contributed by atoms with Gasteiger partial charge >= 0.3 is 0 Å². The first-order valence-corrected chi connectivity index (χ1v) is 7.53. The highest BCUT2D eigenvalue weighted by molar-refractivity contribution is 9.10. The minimum atomic E-state index is 0.0382. The molecule has 0 saturated heterocycles. The summed E-state index contributed by atoms with van der Waals surface area (Å²) < 4.78 is 3.09. The van der Waals surface area contributed by atoms with Gasteiger partial charge in [0.25, 0.3) is 0 Å². The van der Waals surface area contributed by atoms with E-state index in [9.17, 15) is 4.79 Å². The lowest BCUT2D eigenvalue weighted by Gasteiger charge is -2.20. The minimum absolute atomic E-state index is 0.0382. The first kappa shape index (κ1) is 16.2. The number of nitrogens with zero attached hydrogens (tertiary/aromatic N) is 3. The van der Waals surface area contributed by atoms with Crippen LogP contribution in [0.2, 0.25) is 0 Å². The Labute approximate surface area is 123 Å². The van der Waals surface area contributed by atoms with E-state index >= 15 is 0 Å². The van der Waals surface area contributed by atoms with Gasteiger partial charge in [-0.05, 0) is 35.8 Å². The molecule has 1 rings (SSSR count). The molecule has 0 aromatic carbocycles. The molecular formula is C13H23BrN4O. The van der Waals surface area contributed by atoms with Crippen LogP contribution in [0.25, 0.3) is 0 Å².